The second kappa shape index (κ2) is 10.3. The van der Waals surface area contributed by atoms with Crippen LogP contribution in [-0.2, 0) is 6.54 Å². The Balaban J connectivity index is 0.000000817. The second-order valence-electron chi connectivity index (χ2n) is 5.42. The van der Waals surface area contributed by atoms with Crippen molar-refractivity contribution in [1.82, 2.24) is 9.78 Å². The highest BCUT2D eigenvalue weighted by Gasteiger charge is 2.15. The van der Waals surface area contributed by atoms with Gasteiger partial charge in [-0.3, -0.25) is 9.48 Å². The third-order valence-electron chi connectivity index (χ3n) is 3.47. The molecule has 0 aliphatic rings. The van der Waals surface area contributed by atoms with E-state index in [1.165, 1.54) is 6.92 Å². The molecule has 1 heterocycles. The summed E-state index contributed by atoms with van der Waals surface area (Å²) in [4.78, 5) is 12.4. The topological polar surface area (TPSA) is 79.9 Å². The van der Waals surface area contributed by atoms with E-state index in [4.69, 9.17) is 10.00 Å². The first kappa shape index (κ1) is 20.5. The van der Waals surface area contributed by atoms with E-state index in [1.807, 2.05) is 60.8 Å². The van der Waals surface area contributed by atoms with Crippen LogP contribution in [0.15, 0.2) is 60.8 Å². The first-order chi connectivity index (χ1) is 13.1. The fourth-order valence-corrected chi connectivity index (χ4v) is 2.94. The smallest absolute Gasteiger partial charge is 0.277 e. The van der Waals surface area contributed by atoms with Gasteiger partial charge in [0, 0.05) is 18.8 Å². The molecule has 27 heavy (non-hydrogen) atoms. The average molecular weight is 474 g/mol. The first-order valence-electron chi connectivity index (χ1n) is 8.10. The number of hydrogen-bond acceptors (Lipinski definition) is 4. The van der Waals surface area contributed by atoms with E-state index in [2.05, 4.69) is 33.0 Å². The lowest BCUT2D eigenvalue weighted by Crippen LogP contribution is -2.14. The van der Waals surface area contributed by atoms with Gasteiger partial charge < -0.3 is 10.1 Å². The largest absolute Gasteiger partial charge is 0.497 e. The molecule has 1 N–H and O–H groups in total. The number of anilines is 1. The van der Waals surface area contributed by atoms with Gasteiger partial charge in [0.2, 0.25) is 0 Å². The van der Waals surface area contributed by atoms with Crippen molar-refractivity contribution in [1.29, 1.82) is 5.26 Å². The van der Waals surface area contributed by atoms with E-state index in [1.54, 1.807) is 17.9 Å². The van der Waals surface area contributed by atoms with Crippen molar-refractivity contribution < 1.29 is 9.53 Å². The van der Waals surface area contributed by atoms with Gasteiger partial charge in [-0.2, -0.15) is 10.4 Å². The normalized spacial score (nSPS) is 9.56. The van der Waals surface area contributed by atoms with E-state index in [-0.39, 0.29) is 5.91 Å². The van der Waals surface area contributed by atoms with Crippen LogP contribution in [-0.4, -0.2) is 22.8 Å². The molecule has 0 saturated carbocycles. The third-order valence-corrected chi connectivity index (χ3v) is 4.26. The molecule has 3 rings (SSSR count). The van der Waals surface area contributed by atoms with Gasteiger partial charge in [-0.1, -0.05) is 30.3 Å². The molecule has 2 aromatic carbocycles. The van der Waals surface area contributed by atoms with Crippen LogP contribution >= 0.6 is 22.6 Å². The van der Waals surface area contributed by atoms with Crippen molar-refractivity contribution >= 4 is 34.2 Å². The number of carbonyl (C=O) groups excluding carboxylic acids is 1. The number of benzene rings is 2. The molecule has 0 radical (unpaired) electrons. The van der Waals surface area contributed by atoms with Crippen LogP contribution in [0, 0.1) is 14.9 Å². The number of rotatable bonds is 5. The summed E-state index contributed by atoms with van der Waals surface area (Å²) in [5.41, 5.74) is 2.26. The number of nitrogens with zero attached hydrogens (tertiary/aromatic N) is 3. The summed E-state index contributed by atoms with van der Waals surface area (Å²) < 4.78 is 7.74. The van der Waals surface area contributed by atoms with Gasteiger partial charge in [0.1, 0.15) is 5.75 Å². The Morgan fingerprint density at radius 1 is 1.22 bits per heavy atom. The molecule has 0 aliphatic heterocycles. The highest BCUT2D eigenvalue weighted by molar-refractivity contribution is 14.1. The molecule has 1 aromatic heterocycles. The van der Waals surface area contributed by atoms with Crippen molar-refractivity contribution in [3.8, 4) is 11.8 Å². The second-order valence-corrected chi connectivity index (χ2v) is 6.58. The highest BCUT2D eigenvalue weighted by Crippen LogP contribution is 2.16. The van der Waals surface area contributed by atoms with Gasteiger partial charge in [0.05, 0.1) is 23.3 Å². The van der Waals surface area contributed by atoms with E-state index in [0.717, 1.165) is 20.6 Å². The summed E-state index contributed by atoms with van der Waals surface area (Å²) in [6.45, 7) is 2.03. The van der Waals surface area contributed by atoms with Gasteiger partial charge in [0.15, 0.2) is 5.69 Å². The number of nitriles is 1. The van der Waals surface area contributed by atoms with Crippen molar-refractivity contribution in [2.45, 2.75) is 13.5 Å². The Morgan fingerprint density at radius 2 is 1.85 bits per heavy atom. The lowest BCUT2D eigenvalue weighted by molar-refractivity contribution is 0.102. The summed E-state index contributed by atoms with van der Waals surface area (Å²) in [6.07, 6.45) is 1.87. The van der Waals surface area contributed by atoms with Crippen LogP contribution in [0.4, 0.5) is 5.69 Å². The number of nitrogens with one attached hydrogen (secondary N) is 1. The lowest BCUT2D eigenvalue weighted by atomic mass is 10.2. The quantitative estimate of drug-likeness (QED) is 0.559. The fourth-order valence-electron chi connectivity index (χ4n) is 2.26. The number of hydrogen-bond donors (Lipinski definition) is 1. The van der Waals surface area contributed by atoms with Gasteiger partial charge in [0.25, 0.3) is 5.91 Å². The minimum Gasteiger partial charge on any atom is -0.497 e. The molecule has 138 valence electrons. The average Bonchev–Trinajstić information content (AvgIpc) is 3.04. The number of ether oxygens (including phenoxy) is 1. The number of methoxy groups -OCH3 is 1. The Hall–Kier alpha value is -2.86. The Kier molecular flexibility index (Phi) is 7.82. The minimum absolute atomic E-state index is 0.209. The molecule has 0 saturated heterocycles. The van der Waals surface area contributed by atoms with Crippen molar-refractivity contribution in [2.75, 3.05) is 12.4 Å². The first-order valence-corrected chi connectivity index (χ1v) is 9.18. The van der Waals surface area contributed by atoms with E-state index in [0.29, 0.717) is 12.2 Å². The van der Waals surface area contributed by atoms with Crippen LogP contribution in [0.25, 0.3) is 0 Å². The predicted molar refractivity (Wildman–Crippen MR) is 113 cm³/mol. The van der Waals surface area contributed by atoms with Crippen LogP contribution in [0.5, 0.6) is 5.75 Å². The van der Waals surface area contributed by atoms with E-state index in [9.17, 15) is 4.79 Å². The Morgan fingerprint density at radius 3 is 2.44 bits per heavy atom. The summed E-state index contributed by atoms with van der Waals surface area (Å²) >= 11 is 2.13. The zero-order valence-electron chi connectivity index (χ0n) is 15.0. The van der Waals surface area contributed by atoms with Crippen LogP contribution in [0.2, 0.25) is 0 Å². The number of amides is 1. The molecule has 1 amide bonds. The fraction of sp³-hybridized carbons (Fsp3) is 0.150. The maximum atomic E-state index is 12.4. The number of aromatic nitrogens is 2. The third kappa shape index (κ3) is 6.11. The maximum absolute atomic E-state index is 12.4. The van der Waals surface area contributed by atoms with Crippen LogP contribution in [0.1, 0.15) is 23.0 Å². The number of para-hydroxylation sites is 1. The predicted octanol–water partition coefficient (Wildman–Crippen LogP) is 4.33. The molecule has 7 heteroatoms. The molecule has 0 atom stereocenters. The molecule has 3 aromatic rings. The van der Waals surface area contributed by atoms with Gasteiger partial charge in [-0.25, -0.2) is 0 Å². The van der Waals surface area contributed by atoms with Crippen molar-refractivity contribution in [3.63, 3.8) is 0 Å². The summed E-state index contributed by atoms with van der Waals surface area (Å²) in [5, 5.41) is 14.6. The molecule has 0 unspecified atom stereocenters. The Bertz CT molecular complexity index is 915. The van der Waals surface area contributed by atoms with Crippen molar-refractivity contribution in [3.05, 3.63) is 75.6 Å². The zero-order chi connectivity index (χ0) is 19.6. The van der Waals surface area contributed by atoms with Gasteiger partial charge >= 0.3 is 0 Å². The Labute approximate surface area is 171 Å². The summed E-state index contributed by atoms with van der Waals surface area (Å²) in [6, 6.07) is 18.9. The zero-order valence-corrected chi connectivity index (χ0v) is 17.2. The van der Waals surface area contributed by atoms with Gasteiger partial charge in [-0.05, 0) is 52.4 Å². The van der Waals surface area contributed by atoms with E-state index >= 15 is 0 Å². The molecule has 6 nitrogen and oxygen atoms in total. The lowest BCUT2D eigenvalue weighted by Gasteiger charge is -2.04. The molecule has 0 bridgehead atoms. The van der Waals surface area contributed by atoms with Crippen LogP contribution < -0.4 is 10.1 Å². The summed E-state index contributed by atoms with van der Waals surface area (Å²) in [7, 11) is 1.64. The molecule has 0 spiro atoms. The van der Waals surface area contributed by atoms with Gasteiger partial charge in [-0.15, -0.1) is 0 Å². The molecular weight excluding hydrogens is 455 g/mol. The standard InChI is InChI=1S/C18H16IN3O2.C2H3N/c1-24-15-9-7-13(8-10-15)11-22-12-16(19)17(21-22)18(23)20-14-5-3-2-4-6-14;1-2-3/h2-10,12H,11H2,1H3,(H,20,23);1H3. The molecule has 0 aliphatic carbocycles. The number of carbonyl (C=O) groups is 1. The monoisotopic (exact) mass is 474 g/mol. The van der Waals surface area contributed by atoms with E-state index < -0.39 is 0 Å². The number of halogens is 1. The highest BCUT2D eigenvalue weighted by atomic mass is 127. The van der Waals surface area contributed by atoms with Crippen molar-refractivity contribution in [2.24, 2.45) is 0 Å². The maximum Gasteiger partial charge on any atom is 0.277 e. The molecular formula is C20H19IN4O2. The minimum atomic E-state index is -0.209. The molecule has 0 fully saturated rings. The van der Waals surface area contributed by atoms with Crippen LogP contribution in [0.3, 0.4) is 0 Å². The summed E-state index contributed by atoms with van der Waals surface area (Å²) in [5.74, 6) is 0.607. The SMILES string of the molecule is CC#N.COc1ccc(Cn2cc(I)c(C(=O)Nc3ccccc3)n2)cc1.